The van der Waals surface area contributed by atoms with Gasteiger partial charge in [0.25, 0.3) is 5.56 Å². The first-order valence-corrected chi connectivity index (χ1v) is 14.9. The molecule has 3 aromatic carbocycles. The zero-order valence-electron chi connectivity index (χ0n) is 21.5. The topological polar surface area (TPSA) is 65.7 Å². The number of hydrogen-bond donors (Lipinski definition) is 0. The highest BCUT2D eigenvalue weighted by Crippen LogP contribution is 2.35. The summed E-state index contributed by atoms with van der Waals surface area (Å²) in [5.41, 5.74) is 1.98. The molecule has 202 valence electrons. The first-order chi connectivity index (χ1) is 18.9. The third-order valence-corrected chi connectivity index (χ3v) is 8.02. The molecule has 1 aliphatic rings. The molecule has 0 amide bonds. The van der Waals surface area contributed by atoms with Gasteiger partial charge in [-0.25, -0.2) is 9.37 Å². The van der Waals surface area contributed by atoms with Crippen molar-refractivity contribution < 1.29 is 13.9 Å². The van der Waals surface area contributed by atoms with E-state index >= 15 is 0 Å². The largest absolute Gasteiger partial charge is 0.490 e. The Morgan fingerprint density at radius 2 is 1.95 bits per heavy atom. The number of hydrogen-bond acceptors (Lipinski definition) is 5. The Labute approximate surface area is 248 Å². The molecule has 0 aliphatic heterocycles. The minimum Gasteiger partial charge on any atom is -0.490 e. The van der Waals surface area contributed by atoms with E-state index in [0.29, 0.717) is 34.8 Å². The van der Waals surface area contributed by atoms with Crippen molar-refractivity contribution in [3.8, 4) is 11.5 Å². The van der Waals surface area contributed by atoms with Crippen molar-refractivity contribution in [3.63, 3.8) is 0 Å². The van der Waals surface area contributed by atoms with E-state index in [4.69, 9.17) is 14.5 Å². The molecule has 1 heterocycles. The SMILES string of the molecule is CCOc1cc(C=Nn2c(C3CCCCC3)nc3ccc(Br)cc3c2=O)cc(I)c1OCc1cccc(F)c1. The number of ether oxygens (including phenoxy) is 2. The molecular weight excluding hydrogens is 676 g/mol. The molecule has 0 spiro atoms. The molecule has 1 fully saturated rings. The fourth-order valence-electron chi connectivity index (χ4n) is 4.87. The quantitative estimate of drug-likeness (QED) is 0.139. The Morgan fingerprint density at radius 3 is 2.72 bits per heavy atom. The van der Waals surface area contributed by atoms with Gasteiger partial charge in [-0.15, -0.1) is 0 Å². The average molecular weight is 704 g/mol. The molecule has 1 aromatic heterocycles. The van der Waals surface area contributed by atoms with E-state index in [2.05, 4.69) is 43.6 Å². The van der Waals surface area contributed by atoms with E-state index in [1.54, 1.807) is 18.3 Å². The molecule has 0 saturated heterocycles. The van der Waals surface area contributed by atoms with Crippen LogP contribution in [-0.4, -0.2) is 22.5 Å². The van der Waals surface area contributed by atoms with Crippen molar-refractivity contribution >= 4 is 55.6 Å². The van der Waals surface area contributed by atoms with Crippen LogP contribution >= 0.6 is 38.5 Å². The minimum absolute atomic E-state index is 0.187. The summed E-state index contributed by atoms with van der Waals surface area (Å²) in [6.07, 6.45) is 7.10. The lowest BCUT2D eigenvalue weighted by atomic mass is 9.88. The molecule has 0 unspecified atom stereocenters. The molecule has 1 saturated carbocycles. The van der Waals surface area contributed by atoms with Crippen LogP contribution in [0, 0.1) is 9.39 Å². The van der Waals surface area contributed by atoms with Crippen molar-refractivity contribution in [1.29, 1.82) is 0 Å². The Hall–Kier alpha value is -2.79. The van der Waals surface area contributed by atoms with E-state index < -0.39 is 0 Å². The summed E-state index contributed by atoms with van der Waals surface area (Å²) in [5.74, 6) is 1.73. The van der Waals surface area contributed by atoms with Crippen molar-refractivity contribution in [3.05, 3.63) is 95.8 Å². The molecule has 0 N–H and O–H groups in total. The van der Waals surface area contributed by atoms with Gasteiger partial charge >= 0.3 is 0 Å². The third kappa shape index (κ3) is 6.51. The van der Waals surface area contributed by atoms with Crippen LogP contribution in [0.25, 0.3) is 10.9 Å². The van der Waals surface area contributed by atoms with Gasteiger partial charge in [-0.2, -0.15) is 9.78 Å². The van der Waals surface area contributed by atoms with Gasteiger partial charge in [0.15, 0.2) is 11.5 Å². The van der Waals surface area contributed by atoms with Gasteiger partial charge in [0.05, 0.1) is 27.3 Å². The monoisotopic (exact) mass is 703 g/mol. The molecule has 1 aliphatic carbocycles. The minimum atomic E-state index is -0.305. The molecular formula is C30H28BrFIN3O3. The predicted molar refractivity (Wildman–Crippen MR) is 164 cm³/mol. The Balaban J connectivity index is 1.51. The van der Waals surface area contributed by atoms with Crippen molar-refractivity contribution in [1.82, 2.24) is 9.66 Å². The van der Waals surface area contributed by atoms with Gasteiger partial charge < -0.3 is 9.47 Å². The summed E-state index contributed by atoms with van der Waals surface area (Å²) in [5, 5.41) is 5.19. The Morgan fingerprint density at radius 1 is 1.13 bits per heavy atom. The summed E-state index contributed by atoms with van der Waals surface area (Å²) in [4.78, 5) is 18.5. The second kappa shape index (κ2) is 12.6. The molecule has 4 aromatic rings. The molecule has 39 heavy (non-hydrogen) atoms. The summed E-state index contributed by atoms with van der Waals surface area (Å²) in [7, 11) is 0. The van der Waals surface area contributed by atoms with Crippen LogP contribution in [0.2, 0.25) is 0 Å². The lowest BCUT2D eigenvalue weighted by Gasteiger charge is -2.22. The summed E-state index contributed by atoms with van der Waals surface area (Å²) in [6.45, 7) is 2.56. The summed E-state index contributed by atoms with van der Waals surface area (Å²) in [6, 6.07) is 15.7. The number of fused-ring (bicyclic) bond motifs is 1. The van der Waals surface area contributed by atoms with Gasteiger partial charge in [0.2, 0.25) is 0 Å². The van der Waals surface area contributed by atoms with Crippen LogP contribution in [0.15, 0.2) is 69.0 Å². The highest BCUT2D eigenvalue weighted by Gasteiger charge is 2.22. The summed E-state index contributed by atoms with van der Waals surface area (Å²) >= 11 is 5.66. The van der Waals surface area contributed by atoms with Crippen molar-refractivity contribution in [2.45, 2.75) is 51.6 Å². The predicted octanol–water partition coefficient (Wildman–Crippen LogP) is 7.81. The van der Waals surface area contributed by atoms with Gasteiger partial charge in [0.1, 0.15) is 18.2 Å². The zero-order chi connectivity index (χ0) is 27.4. The van der Waals surface area contributed by atoms with Crippen LogP contribution in [-0.2, 0) is 6.61 Å². The standard InChI is InChI=1S/C30H28BrFIN3O3/c1-2-38-27-15-20(14-25(33)28(27)39-18-19-7-6-10-23(32)13-19)17-34-36-29(21-8-4-3-5-9-21)35-26-12-11-22(31)16-24(26)30(36)37/h6-7,10-17,21H,2-5,8-9,18H2,1H3. The number of benzene rings is 3. The summed E-state index contributed by atoms with van der Waals surface area (Å²) < 4.78 is 28.6. The number of halogens is 3. The Kier molecular flexibility index (Phi) is 8.96. The second-order valence-corrected chi connectivity index (χ2v) is 11.6. The van der Waals surface area contributed by atoms with Crippen molar-refractivity contribution in [2.24, 2.45) is 5.10 Å². The van der Waals surface area contributed by atoms with E-state index in [1.165, 1.54) is 23.2 Å². The third-order valence-electron chi connectivity index (χ3n) is 6.73. The molecule has 5 rings (SSSR count). The highest BCUT2D eigenvalue weighted by atomic mass is 127. The first-order valence-electron chi connectivity index (χ1n) is 13.0. The van der Waals surface area contributed by atoms with Crippen molar-refractivity contribution in [2.75, 3.05) is 6.61 Å². The van der Waals surface area contributed by atoms with E-state index in [1.807, 2.05) is 37.3 Å². The highest BCUT2D eigenvalue weighted by molar-refractivity contribution is 14.1. The zero-order valence-corrected chi connectivity index (χ0v) is 25.2. The van der Waals surface area contributed by atoms with Gasteiger partial charge in [-0.1, -0.05) is 47.3 Å². The molecule has 9 heteroatoms. The maximum absolute atomic E-state index is 13.6. The molecule has 0 bridgehead atoms. The fraction of sp³-hybridized carbons (Fsp3) is 0.300. The van der Waals surface area contributed by atoms with E-state index in [9.17, 15) is 9.18 Å². The van der Waals surface area contributed by atoms with Gasteiger partial charge in [-0.05, 0) is 95.9 Å². The Bertz CT molecular complexity index is 1580. The van der Waals surface area contributed by atoms with E-state index in [-0.39, 0.29) is 23.9 Å². The van der Waals surface area contributed by atoms with Crippen LogP contribution in [0.3, 0.4) is 0 Å². The number of nitrogens with zero attached hydrogens (tertiary/aromatic N) is 3. The van der Waals surface area contributed by atoms with Crippen LogP contribution in [0.4, 0.5) is 4.39 Å². The second-order valence-electron chi connectivity index (χ2n) is 9.51. The lowest BCUT2D eigenvalue weighted by Crippen LogP contribution is -2.25. The van der Waals surface area contributed by atoms with E-state index in [0.717, 1.165) is 44.9 Å². The van der Waals surface area contributed by atoms with Gasteiger partial charge in [0, 0.05) is 10.4 Å². The van der Waals surface area contributed by atoms with Crippen LogP contribution in [0.1, 0.15) is 61.9 Å². The molecule has 0 radical (unpaired) electrons. The molecule has 0 atom stereocenters. The smallest absolute Gasteiger partial charge is 0.282 e. The number of rotatable bonds is 8. The van der Waals surface area contributed by atoms with Crippen LogP contribution < -0.4 is 15.0 Å². The average Bonchev–Trinajstić information content (AvgIpc) is 2.93. The normalized spacial score (nSPS) is 14.3. The van der Waals surface area contributed by atoms with Crippen LogP contribution in [0.5, 0.6) is 11.5 Å². The van der Waals surface area contributed by atoms with Gasteiger partial charge in [-0.3, -0.25) is 4.79 Å². The first kappa shape index (κ1) is 27.8. The fourth-order valence-corrected chi connectivity index (χ4v) is 6.02. The maximum atomic E-state index is 13.6. The maximum Gasteiger partial charge on any atom is 0.282 e. The molecule has 6 nitrogen and oxygen atoms in total. The number of aromatic nitrogens is 2. The lowest BCUT2D eigenvalue weighted by molar-refractivity contribution is 0.267.